The molecule has 0 aliphatic carbocycles. The number of rotatable bonds is 7. The van der Waals surface area contributed by atoms with Crippen molar-refractivity contribution in [3.8, 4) is 11.5 Å². The quantitative estimate of drug-likeness (QED) is 0.783. The summed E-state index contributed by atoms with van der Waals surface area (Å²) in [5.41, 5.74) is -0.936. The summed E-state index contributed by atoms with van der Waals surface area (Å²) in [4.78, 5) is 16.3. The second-order valence-electron chi connectivity index (χ2n) is 5.59. The lowest BCUT2D eigenvalue weighted by atomic mass is 10.2. The normalized spacial score (nSPS) is 12.7. The standard InChI is InChI=1S/C16H21F3N6/c1-4-9-20-14-23-13(24-15(25-14)21-10(3)5-2)11-7-6-8-12(22-11)16(17,18)19/h6-8,10H,4-5,9H2,1-3H3,(H2,20,21,23,24,25). The van der Waals surface area contributed by atoms with Crippen LogP contribution in [0.1, 0.15) is 39.3 Å². The molecular formula is C16H21F3N6. The Morgan fingerprint density at radius 3 is 2.40 bits per heavy atom. The number of alkyl halides is 3. The smallest absolute Gasteiger partial charge is 0.354 e. The topological polar surface area (TPSA) is 75.6 Å². The number of anilines is 2. The summed E-state index contributed by atoms with van der Waals surface area (Å²) < 4.78 is 38.7. The van der Waals surface area contributed by atoms with Crippen molar-refractivity contribution in [1.82, 2.24) is 19.9 Å². The van der Waals surface area contributed by atoms with Gasteiger partial charge in [0.2, 0.25) is 11.9 Å². The first-order chi connectivity index (χ1) is 11.8. The maximum atomic E-state index is 12.9. The second-order valence-corrected chi connectivity index (χ2v) is 5.59. The van der Waals surface area contributed by atoms with Crippen molar-refractivity contribution in [3.63, 3.8) is 0 Å². The zero-order valence-electron chi connectivity index (χ0n) is 14.4. The largest absolute Gasteiger partial charge is 0.433 e. The van der Waals surface area contributed by atoms with Gasteiger partial charge in [0.05, 0.1) is 0 Å². The van der Waals surface area contributed by atoms with E-state index in [4.69, 9.17) is 0 Å². The maximum absolute atomic E-state index is 12.9. The molecule has 0 saturated heterocycles. The maximum Gasteiger partial charge on any atom is 0.433 e. The molecule has 0 aliphatic heterocycles. The molecule has 0 aromatic carbocycles. The fourth-order valence-electron chi connectivity index (χ4n) is 1.91. The number of hydrogen-bond acceptors (Lipinski definition) is 6. The summed E-state index contributed by atoms with van der Waals surface area (Å²) in [5.74, 6) is 0.694. The van der Waals surface area contributed by atoms with Crippen LogP contribution in [0.4, 0.5) is 25.1 Å². The molecule has 2 aromatic heterocycles. The van der Waals surface area contributed by atoms with Crippen molar-refractivity contribution >= 4 is 11.9 Å². The van der Waals surface area contributed by atoms with Crippen LogP contribution < -0.4 is 10.6 Å². The van der Waals surface area contributed by atoms with Crippen LogP contribution >= 0.6 is 0 Å². The molecule has 136 valence electrons. The average Bonchev–Trinajstić information content (AvgIpc) is 2.59. The van der Waals surface area contributed by atoms with Gasteiger partial charge in [-0.05, 0) is 31.9 Å². The van der Waals surface area contributed by atoms with Crippen LogP contribution in [0.2, 0.25) is 0 Å². The van der Waals surface area contributed by atoms with Crippen LogP contribution in [0.15, 0.2) is 18.2 Å². The molecule has 2 rings (SSSR count). The van der Waals surface area contributed by atoms with Gasteiger partial charge < -0.3 is 10.6 Å². The van der Waals surface area contributed by atoms with E-state index in [-0.39, 0.29) is 17.6 Å². The number of aromatic nitrogens is 4. The van der Waals surface area contributed by atoms with E-state index in [1.165, 1.54) is 12.1 Å². The van der Waals surface area contributed by atoms with Gasteiger partial charge in [0.25, 0.3) is 0 Å². The first-order valence-corrected chi connectivity index (χ1v) is 8.14. The molecule has 0 radical (unpaired) electrons. The van der Waals surface area contributed by atoms with Crippen molar-refractivity contribution in [2.45, 2.75) is 45.8 Å². The van der Waals surface area contributed by atoms with Gasteiger partial charge in [0.15, 0.2) is 5.82 Å². The summed E-state index contributed by atoms with van der Waals surface area (Å²) in [6.45, 7) is 6.60. The lowest BCUT2D eigenvalue weighted by Gasteiger charge is -2.14. The van der Waals surface area contributed by atoms with Crippen LogP contribution in [0, 0.1) is 0 Å². The number of pyridine rings is 1. The lowest BCUT2D eigenvalue weighted by Crippen LogP contribution is -2.18. The molecule has 0 bridgehead atoms. The van der Waals surface area contributed by atoms with E-state index in [0.29, 0.717) is 18.4 Å². The Morgan fingerprint density at radius 1 is 1.04 bits per heavy atom. The number of halogens is 3. The molecule has 6 nitrogen and oxygen atoms in total. The van der Waals surface area contributed by atoms with Crippen molar-refractivity contribution in [2.24, 2.45) is 0 Å². The zero-order chi connectivity index (χ0) is 18.4. The second kappa shape index (κ2) is 8.09. The van der Waals surface area contributed by atoms with E-state index in [9.17, 15) is 13.2 Å². The highest BCUT2D eigenvalue weighted by Crippen LogP contribution is 2.29. The van der Waals surface area contributed by atoms with Crippen LogP contribution in [-0.4, -0.2) is 32.5 Å². The van der Waals surface area contributed by atoms with E-state index in [1.54, 1.807) is 0 Å². The summed E-state index contributed by atoms with van der Waals surface area (Å²) >= 11 is 0. The summed E-state index contributed by atoms with van der Waals surface area (Å²) in [6.07, 6.45) is -2.82. The Hall–Kier alpha value is -2.45. The fourth-order valence-corrected chi connectivity index (χ4v) is 1.91. The highest BCUT2D eigenvalue weighted by atomic mass is 19.4. The van der Waals surface area contributed by atoms with Gasteiger partial charge in [0.1, 0.15) is 11.4 Å². The van der Waals surface area contributed by atoms with Crippen LogP contribution in [-0.2, 0) is 6.18 Å². The molecule has 0 spiro atoms. The monoisotopic (exact) mass is 354 g/mol. The van der Waals surface area contributed by atoms with Crippen molar-refractivity contribution in [2.75, 3.05) is 17.2 Å². The Morgan fingerprint density at radius 2 is 1.76 bits per heavy atom. The average molecular weight is 354 g/mol. The first kappa shape index (κ1) is 18.9. The van der Waals surface area contributed by atoms with Gasteiger partial charge in [-0.1, -0.05) is 19.9 Å². The highest BCUT2D eigenvalue weighted by molar-refractivity contribution is 5.54. The minimum Gasteiger partial charge on any atom is -0.354 e. The lowest BCUT2D eigenvalue weighted by molar-refractivity contribution is -0.141. The van der Waals surface area contributed by atoms with E-state index in [0.717, 1.165) is 18.9 Å². The molecule has 0 fully saturated rings. The number of nitrogens with zero attached hydrogens (tertiary/aromatic N) is 4. The zero-order valence-corrected chi connectivity index (χ0v) is 14.4. The van der Waals surface area contributed by atoms with Gasteiger partial charge in [-0.15, -0.1) is 0 Å². The Kier molecular flexibility index (Phi) is 6.11. The van der Waals surface area contributed by atoms with Crippen LogP contribution in [0.5, 0.6) is 0 Å². The third kappa shape index (κ3) is 5.27. The van der Waals surface area contributed by atoms with E-state index < -0.39 is 11.9 Å². The molecule has 9 heteroatoms. The Labute approximate surface area is 144 Å². The third-order valence-corrected chi connectivity index (χ3v) is 3.43. The van der Waals surface area contributed by atoms with Gasteiger partial charge in [-0.25, -0.2) is 4.98 Å². The van der Waals surface area contributed by atoms with Crippen molar-refractivity contribution in [3.05, 3.63) is 23.9 Å². The summed E-state index contributed by atoms with van der Waals surface area (Å²) in [6, 6.07) is 3.76. The van der Waals surface area contributed by atoms with Gasteiger partial charge >= 0.3 is 6.18 Å². The third-order valence-electron chi connectivity index (χ3n) is 3.43. The molecule has 1 unspecified atom stereocenters. The van der Waals surface area contributed by atoms with Crippen molar-refractivity contribution in [1.29, 1.82) is 0 Å². The predicted octanol–water partition coefficient (Wildman–Crippen LogP) is 3.98. The molecule has 2 aromatic rings. The van der Waals surface area contributed by atoms with Crippen molar-refractivity contribution < 1.29 is 13.2 Å². The minimum atomic E-state index is -4.52. The van der Waals surface area contributed by atoms with E-state index in [1.807, 2.05) is 20.8 Å². The molecule has 0 aliphatic rings. The molecule has 25 heavy (non-hydrogen) atoms. The first-order valence-electron chi connectivity index (χ1n) is 8.14. The molecule has 0 amide bonds. The van der Waals surface area contributed by atoms with Gasteiger partial charge in [-0.3, -0.25) is 0 Å². The minimum absolute atomic E-state index is 0.0453. The molecule has 1 atom stereocenters. The molecule has 0 saturated carbocycles. The molecular weight excluding hydrogens is 333 g/mol. The van der Waals surface area contributed by atoms with E-state index >= 15 is 0 Å². The fraction of sp³-hybridized carbons (Fsp3) is 0.500. The van der Waals surface area contributed by atoms with Crippen LogP contribution in [0.25, 0.3) is 11.5 Å². The van der Waals surface area contributed by atoms with Gasteiger partial charge in [-0.2, -0.15) is 28.1 Å². The summed E-state index contributed by atoms with van der Waals surface area (Å²) in [5, 5.41) is 6.14. The van der Waals surface area contributed by atoms with E-state index in [2.05, 4.69) is 30.6 Å². The van der Waals surface area contributed by atoms with Gasteiger partial charge in [0, 0.05) is 12.6 Å². The Bertz CT molecular complexity index is 705. The SMILES string of the molecule is CCCNc1nc(NC(C)CC)nc(-c2cccc(C(F)(F)F)n2)n1. The van der Waals surface area contributed by atoms with Crippen LogP contribution in [0.3, 0.4) is 0 Å². The predicted molar refractivity (Wildman–Crippen MR) is 90.2 cm³/mol. The summed E-state index contributed by atoms with van der Waals surface area (Å²) in [7, 11) is 0. The number of nitrogens with one attached hydrogen (secondary N) is 2. The Balaban J connectivity index is 2.43. The molecule has 2 N–H and O–H groups in total. The molecule has 2 heterocycles. The number of hydrogen-bond donors (Lipinski definition) is 2. The highest BCUT2D eigenvalue weighted by Gasteiger charge is 2.32.